The number of nitrogens with one attached hydrogen (secondary N) is 3. The van der Waals surface area contributed by atoms with Crippen molar-refractivity contribution in [3.63, 3.8) is 0 Å². The van der Waals surface area contributed by atoms with Gasteiger partial charge < -0.3 is 16.0 Å². The highest BCUT2D eigenvalue weighted by molar-refractivity contribution is 6.34. The molecular formula is C20H21ClFN3O2. The number of rotatable bonds is 5. The largest absolute Gasteiger partial charge is 0.348 e. The summed E-state index contributed by atoms with van der Waals surface area (Å²) in [5.41, 5.74) is 1.12. The van der Waals surface area contributed by atoms with Gasteiger partial charge in [-0.2, -0.15) is 0 Å². The van der Waals surface area contributed by atoms with Gasteiger partial charge in [-0.1, -0.05) is 29.8 Å². The van der Waals surface area contributed by atoms with Crippen LogP contribution in [-0.4, -0.2) is 24.9 Å². The van der Waals surface area contributed by atoms with Gasteiger partial charge in [0.25, 0.3) is 5.91 Å². The second kappa shape index (κ2) is 8.97. The molecule has 2 amide bonds. The number of carbonyl (C=O) groups excluding carboxylic acids is 2. The number of benzene rings is 2. The fourth-order valence-corrected chi connectivity index (χ4v) is 3.21. The lowest BCUT2D eigenvalue weighted by molar-refractivity contribution is -0.120. The Hall–Kier alpha value is -2.44. The van der Waals surface area contributed by atoms with Crippen molar-refractivity contribution in [2.45, 2.75) is 19.4 Å². The summed E-state index contributed by atoms with van der Waals surface area (Å²) in [7, 11) is 0. The van der Waals surface area contributed by atoms with Gasteiger partial charge in [0.15, 0.2) is 0 Å². The number of halogens is 2. The molecule has 1 aliphatic heterocycles. The molecule has 1 saturated heterocycles. The number of carbonyl (C=O) groups is 2. The molecular weight excluding hydrogens is 369 g/mol. The van der Waals surface area contributed by atoms with Gasteiger partial charge in [-0.3, -0.25) is 9.59 Å². The molecule has 3 N–H and O–H groups in total. The first-order valence-electron chi connectivity index (χ1n) is 8.87. The van der Waals surface area contributed by atoms with Crippen LogP contribution in [0.3, 0.4) is 0 Å². The molecule has 0 saturated carbocycles. The number of hydrogen-bond donors (Lipinski definition) is 3. The number of amides is 2. The molecule has 1 heterocycles. The Balaban J connectivity index is 1.66. The lowest BCUT2D eigenvalue weighted by Crippen LogP contribution is -2.37. The molecule has 0 radical (unpaired) electrons. The molecule has 27 heavy (non-hydrogen) atoms. The van der Waals surface area contributed by atoms with Crippen LogP contribution in [-0.2, 0) is 11.3 Å². The molecule has 7 heteroatoms. The van der Waals surface area contributed by atoms with E-state index in [-0.39, 0.29) is 34.8 Å². The van der Waals surface area contributed by atoms with Crippen LogP contribution in [0.4, 0.5) is 10.1 Å². The molecule has 0 aliphatic carbocycles. The Bertz CT molecular complexity index is 838. The molecule has 0 spiro atoms. The zero-order valence-electron chi connectivity index (χ0n) is 14.7. The molecule has 1 unspecified atom stereocenters. The van der Waals surface area contributed by atoms with Crippen molar-refractivity contribution in [1.29, 1.82) is 0 Å². The fraction of sp³-hybridized carbons (Fsp3) is 0.300. The van der Waals surface area contributed by atoms with Crippen LogP contribution in [0.5, 0.6) is 0 Å². The van der Waals surface area contributed by atoms with E-state index < -0.39 is 5.91 Å². The van der Waals surface area contributed by atoms with Crippen molar-refractivity contribution in [3.8, 4) is 0 Å². The number of anilines is 1. The smallest absolute Gasteiger partial charge is 0.253 e. The summed E-state index contributed by atoms with van der Waals surface area (Å²) in [6, 6.07) is 11.0. The van der Waals surface area contributed by atoms with E-state index in [0.29, 0.717) is 17.8 Å². The monoisotopic (exact) mass is 389 g/mol. The standard InChI is InChI=1S/C20H21ClFN3O2/c21-17-8-7-15(25-19(26)14-5-3-9-23-11-14)10-16(17)20(27)24-12-13-4-1-2-6-18(13)22/h1-2,4,6-8,10,14,23H,3,5,9,11-12H2,(H,24,27)(H,25,26). The summed E-state index contributed by atoms with van der Waals surface area (Å²) in [6.45, 7) is 1.62. The Morgan fingerprint density at radius 3 is 2.78 bits per heavy atom. The molecule has 1 fully saturated rings. The first-order valence-corrected chi connectivity index (χ1v) is 9.25. The molecule has 0 bridgehead atoms. The van der Waals surface area contributed by atoms with Gasteiger partial charge in [0, 0.05) is 24.3 Å². The third kappa shape index (κ3) is 5.05. The van der Waals surface area contributed by atoms with E-state index in [0.717, 1.165) is 19.4 Å². The van der Waals surface area contributed by atoms with Gasteiger partial charge in [-0.05, 0) is 43.7 Å². The van der Waals surface area contributed by atoms with Crippen LogP contribution < -0.4 is 16.0 Å². The minimum Gasteiger partial charge on any atom is -0.348 e. The minimum atomic E-state index is -0.432. The summed E-state index contributed by atoms with van der Waals surface area (Å²) in [4.78, 5) is 24.8. The fourth-order valence-electron chi connectivity index (χ4n) is 3.01. The summed E-state index contributed by atoms with van der Waals surface area (Å²) < 4.78 is 13.7. The van der Waals surface area contributed by atoms with Crippen molar-refractivity contribution >= 4 is 29.1 Å². The van der Waals surface area contributed by atoms with E-state index in [4.69, 9.17) is 11.6 Å². The van der Waals surface area contributed by atoms with E-state index in [2.05, 4.69) is 16.0 Å². The highest BCUT2D eigenvalue weighted by atomic mass is 35.5. The maximum atomic E-state index is 13.7. The van der Waals surface area contributed by atoms with E-state index in [1.807, 2.05) is 0 Å². The zero-order chi connectivity index (χ0) is 19.2. The van der Waals surface area contributed by atoms with E-state index in [1.54, 1.807) is 30.3 Å². The van der Waals surface area contributed by atoms with Gasteiger partial charge in [0.05, 0.1) is 16.5 Å². The van der Waals surface area contributed by atoms with Crippen LogP contribution in [0.15, 0.2) is 42.5 Å². The minimum absolute atomic E-state index is 0.0478. The van der Waals surface area contributed by atoms with Gasteiger partial charge >= 0.3 is 0 Å². The molecule has 0 aromatic heterocycles. The Morgan fingerprint density at radius 1 is 1.22 bits per heavy atom. The lowest BCUT2D eigenvalue weighted by atomic mass is 9.98. The van der Waals surface area contributed by atoms with Crippen molar-refractivity contribution < 1.29 is 14.0 Å². The first kappa shape index (κ1) is 19.3. The van der Waals surface area contributed by atoms with Crippen LogP contribution in [0.2, 0.25) is 5.02 Å². The van der Waals surface area contributed by atoms with Crippen molar-refractivity contribution in [3.05, 3.63) is 64.4 Å². The quantitative estimate of drug-likeness (QED) is 0.734. The lowest BCUT2D eigenvalue weighted by Gasteiger charge is -2.22. The van der Waals surface area contributed by atoms with Gasteiger partial charge in [-0.25, -0.2) is 4.39 Å². The molecule has 3 rings (SSSR count). The van der Waals surface area contributed by atoms with E-state index in [9.17, 15) is 14.0 Å². The van der Waals surface area contributed by atoms with Gasteiger partial charge in [0.1, 0.15) is 5.82 Å². The van der Waals surface area contributed by atoms with Gasteiger partial charge in [0.2, 0.25) is 5.91 Å². The summed E-state index contributed by atoms with van der Waals surface area (Å²) in [6.07, 6.45) is 1.80. The van der Waals surface area contributed by atoms with Crippen LogP contribution in [0.1, 0.15) is 28.8 Å². The van der Waals surface area contributed by atoms with Crippen LogP contribution in [0, 0.1) is 11.7 Å². The Morgan fingerprint density at radius 2 is 2.04 bits per heavy atom. The topological polar surface area (TPSA) is 70.2 Å². The van der Waals surface area contributed by atoms with Crippen LogP contribution >= 0.6 is 11.6 Å². The first-order chi connectivity index (χ1) is 13.0. The maximum absolute atomic E-state index is 13.7. The second-order valence-electron chi connectivity index (χ2n) is 6.50. The Kier molecular flexibility index (Phi) is 6.42. The van der Waals surface area contributed by atoms with E-state index >= 15 is 0 Å². The second-order valence-corrected chi connectivity index (χ2v) is 6.91. The summed E-state index contributed by atoms with van der Waals surface area (Å²) in [5.74, 6) is -0.986. The summed E-state index contributed by atoms with van der Waals surface area (Å²) >= 11 is 6.13. The predicted molar refractivity (Wildman–Crippen MR) is 103 cm³/mol. The Labute approximate surface area is 162 Å². The zero-order valence-corrected chi connectivity index (χ0v) is 15.5. The predicted octanol–water partition coefficient (Wildman–Crippen LogP) is 3.35. The normalized spacial score (nSPS) is 16.6. The average molecular weight is 390 g/mol. The molecule has 2 aromatic rings. The average Bonchev–Trinajstić information content (AvgIpc) is 2.69. The highest BCUT2D eigenvalue weighted by Gasteiger charge is 2.21. The maximum Gasteiger partial charge on any atom is 0.253 e. The molecule has 1 atom stereocenters. The molecule has 2 aromatic carbocycles. The highest BCUT2D eigenvalue weighted by Crippen LogP contribution is 2.22. The van der Waals surface area contributed by atoms with Crippen molar-refractivity contribution in [2.24, 2.45) is 5.92 Å². The van der Waals surface area contributed by atoms with Crippen molar-refractivity contribution in [2.75, 3.05) is 18.4 Å². The molecule has 142 valence electrons. The molecule has 5 nitrogen and oxygen atoms in total. The van der Waals surface area contributed by atoms with Crippen LogP contribution in [0.25, 0.3) is 0 Å². The van der Waals surface area contributed by atoms with E-state index in [1.165, 1.54) is 12.1 Å². The molecule has 1 aliphatic rings. The summed E-state index contributed by atoms with van der Waals surface area (Å²) in [5, 5.41) is 8.96. The third-order valence-electron chi connectivity index (χ3n) is 4.54. The van der Waals surface area contributed by atoms with Gasteiger partial charge in [-0.15, -0.1) is 0 Å². The number of piperidine rings is 1. The van der Waals surface area contributed by atoms with Crippen molar-refractivity contribution in [1.82, 2.24) is 10.6 Å². The SMILES string of the molecule is O=C(NCc1ccccc1F)c1cc(NC(=O)C2CCCNC2)ccc1Cl. The number of hydrogen-bond acceptors (Lipinski definition) is 3. The third-order valence-corrected chi connectivity index (χ3v) is 4.87.